The Hall–Kier alpha value is -3.55. The molecule has 2 aromatic carbocycles. The van der Waals surface area contributed by atoms with Crippen molar-refractivity contribution in [3.05, 3.63) is 60.4 Å². The van der Waals surface area contributed by atoms with Crippen molar-refractivity contribution >= 4 is 11.6 Å². The van der Waals surface area contributed by atoms with E-state index in [9.17, 15) is 0 Å². The maximum atomic E-state index is 5.92. The van der Waals surface area contributed by atoms with Crippen LogP contribution in [0.15, 0.2) is 59.7 Å². The maximum absolute atomic E-state index is 5.92. The highest BCUT2D eigenvalue weighted by Crippen LogP contribution is 2.16. The molecule has 3 rings (SSSR count). The number of ether oxygens (including phenoxy) is 2. The van der Waals surface area contributed by atoms with Gasteiger partial charge in [0.15, 0.2) is 5.96 Å². The van der Waals surface area contributed by atoms with Crippen LogP contribution in [0.2, 0.25) is 0 Å². The molecule has 0 bridgehead atoms. The molecule has 3 N–H and O–H groups in total. The molecule has 3 aromatic rings. The number of hydrogen-bond donors (Lipinski definition) is 2. The lowest BCUT2D eigenvalue weighted by Crippen LogP contribution is -2.22. The first kappa shape index (κ1) is 17.3. The summed E-state index contributed by atoms with van der Waals surface area (Å²) in [5.41, 5.74) is 8.31. The zero-order chi connectivity index (χ0) is 18.4. The fourth-order valence-electron chi connectivity index (χ4n) is 2.29. The molecular formula is C18H20N6O2. The Morgan fingerprint density at radius 3 is 2.62 bits per heavy atom. The van der Waals surface area contributed by atoms with E-state index in [1.54, 1.807) is 18.9 Å². The third-order valence-corrected chi connectivity index (χ3v) is 3.63. The third kappa shape index (κ3) is 4.29. The van der Waals surface area contributed by atoms with Crippen LogP contribution in [0.1, 0.15) is 5.69 Å². The average Bonchev–Trinajstić information content (AvgIpc) is 3.15. The highest BCUT2D eigenvalue weighted by atomic mass is 16.5. The Labute approximate surface area is 151 Å². The molecule has 134 valence electrons. The van der Waals surface area contributed by atoms with Crippen molar-refractivity contribution in [2.24, 2.45) is 10.7 Å². The molecule has 0 aliphatic heterocycles. The Bertz CT molecular complexity index is 889. The van der Waals surface area contributed by atoms with Crippen LogP contribution in [-0.4, -0.2) is 35.2 Å². The van der Waals surface area contributed by atoms with Gasteiger partial charge in [-0.2, -0.15) is 0 Å². The molecule has 0 aliphatic carbocycles. The molecule has 0 fully saturated rings. The Morgan fingerprint density at radius 1 is 1.12 bits per heavy atom. The van der Waals surface area contributed by atoms with Gasteiger partial charge in [-0.3, -0.25) is 0 Å². The topological polar surface area (TPSA) is 99.6 Å². The fraction of sp³-hybridized carbons (Fsp3) is 0.167. The van der Waals surface area contributed by atoms with Gasteiger partial charge in [-0.1, -0.05) is 11.3 Å². The smallest absolute Gasteiger partial charge is 0.193 e. The predicted molar refractivity (Wildman–Crippen MR) is 99.9 cm³/mol. The second-order valence-corrected chi connectivity index (χ2v) is 5.41. The predicted octanol–water partition coefficient (Wildman–Crippen LogP) is 2.21. The van der Waals surface area contributed by atoms with E-state index in [0.29, 0.717) is 12.2 Å². The van der Waals surface area contributed by atoms with Crippen molar-refractivity contribution < 1.29 is 9.47 Å². The lowest BCUT2D eigenvalue weighted by Gasteiger charge is -2.06. The van der Waals surface area contributed by atoms with E-state index in [1.165, 1.54) is 0 Å². The molecular weight excluding hydrogens is 332 g/mol. The highest BCUT2D eigenvalue weighted by Gasteiger charge is 2.04. The van der Waals surface area contributed by atoms with Crippen LogP contribution in [0.25, 0.3) is 5.69 Å². The van der Waals surface area contributed by atoms with Crippen LogP contribution in [0.4, 0.5) is 5.69 Å². The summed E-state index contributed by atoms with van der Waals surface area (Å²) in [6, 6.07) is 15.0. The number of anilines is 1. The summed E-state index contributed by atoms with van der Waals surface area (Å²) in [6.07, 6.45) is 1.81. The number of rotatable bonds is 6. The van der Waals surface area contributed by atoms with Crippen molar-refractivity contribution in [1.29, 1.82) is 0 Å². The Kier molecular flexibility index (Phi) is 5.33. The van der Waals surface area contributed by atoms with Gasteiger partial charge in [-0.15, -0.1) is 5.10 Å². The van der Waals surface area contributed by atoms with Gasteiger partial charge in [0.2, 0.25) is 0 Å². The quantitative estimate of drug-likeness (QED) is 0.521. The minimum Gasteiger partial charge on any atom is -0.497 e. The molecule has 1 heterocycles. The number of nitrogens with zero attached hydrogens (tertiary/aromatic N) is 4. The summed E-state index contributed by atoms with van der Waals surface area (Å²) in [6.45, 7) is 0.318. The van der Waals surface area contributed by atoms with Crippen LogP contribution in [0.3, 0.4) is 0 Å². The maximum Gasteiger partial charge on any atom is 0.193 e. The van der Waals surface area contributed by atoms with Gasteiger partial charge in [0.05, 0.1) is 32.6 Å². The van der Waals surface area contributed by atoms with Crippen molar-refractivity contribution in [1.82, 2.24) is 15.0 Å². The van der Waals surface area contributed by atoms with Crippen LogP contribution < -0.4 is 20.5 Å². The van der Waals surface area contributed by atoms with Gasteiger partial charge in [0.1, 0.15) is 17.2 Å². The number of aliphatic imine (C=N–C) groups is 1. The van der Waals surface area contributed by atoms with Gasteiger partial charge >= 0.3 is 0 Å². The molecule has 8 heteroatoms. The Balaban J connectivity index is 1.63. The van der Waals surface area contributed by atoms with Crippen LogP contribution in [0.5, 0.6) is 11.5 Å². The number of nitrogens with one attached hydrogen (secondary N) is 1. The van der Waals surface area contributed by atoms with Crippen molar-refractivity contribution in [2.75, 3.05) is 19.5 Å². The van der Waals surface area contributed by atoms with E-state index in [1.807, 2.05) is 54.7 Å². The summed E-state index contributed by atoms with van der Waals surface area (Å²) < 4.78 is 12.0. The number of hydrogen-bond acceptors (Lipinski definition) is 5. The Morgan fingerprint density at radius 2 is 1.88 bits per heavy atom. The molecule has 26 heavy (non-hydrogen) atoms. The van der Waals surface area contributed by atoms with Crippen LogP contribution >= 0.6 is 0 Å². The molecule has 0 saturated carbocycles. The van der Waals surface area contributed by atoms with E-state index < -0.39 is 0 Å². The molecule has 0 spiro atoms. The lowest BCUT2D eigenvalue weighted by molar-refractivity contribution is 0.414. The summed E-state index contributed by atoms with van der Waals surface area (Å²) >= 11 is 0. The van der Waals surface area contributed by atoms with Crippen LogP contribution in [-0.2, 0) is 6.54 Å². The van der Waals surface area contributed by atoms with Crippen molar-refractivity contribution in [3.63, 3.8) is 0 Å². The van der Waals surface area contributed by atoms with Gasteiger partial charge in [-0.25, -0.2) is 9.67 Å². The zero-order valence-corrected chi connectivity index (χ0v) is 14.6. The largest absolute Gasteiger partial charge is 0.497 e. The zero-order valence-electron chi connectivity index (χ0n) is 14.6. The normalized spacial score (nSPS) is 11.2. The second kappa shape index (κ2) is 8.02. The van der Waals surface area contributed by atoms with E-state index in [-0.39, 0.29) is 5.96 Å². The molecule has 0 amide bonds. The van der Waals surface area contributed by atoms with Gasteiger partial charge < -0.3 is 20.5 Å². The van der Waals surface area contributed by atoms with Gasteiger partial charge in [-0.05, 0) is 36.4 Å². The van der Waals surface area contributed by atoms with E-state index in [2.05, 4.69) is 20.6 Å². The number of guanidine groups is 1. The first-order valence-corrected chi connectivity index (χ1v) is 7.94. The first-order valence-electron chi connectivity index (χ1n) is 7.94. The van der Waals surface area contributed by atoms with Gasteiger partial charge in [0, 0.05) is 11.8 Å². The highest BCUT2D eigenvalue weighted by molar-refractivity contribution is 5.92. The second-order valence-electron chi connectivity index (χ2n) is 5.41. The summed E-state index contributed by atoms with van der Waals surface area (Å²) in [5.74, 6) is 1.82. The molecule has 0 unspecified atom stereocenters. The summed E-state index contributed by atoms with van der Waals surface area (Å²) in [5, 5.41) is 11.2. The van der Waals surface area contributed by atoms with E-state index in [0.717, 1.165) is 22.9 Å². The van der Waals surface area contributed by atoms with Crippen LogP contribution in [0, 0.1) is 0 Å². The minimum atomic E-state index is 0.289. The monoisotopic (exact) mass is 352 g/mol. The van der Waals surface area contributed by atoms with E-state index in [4.69, 9.17) is 15.2 Å². The minimum absolute atomic E-state index is 0.289. The molecule has 0 atom stereocenters. The first-order chi connectivity index (χ1) is 12.7. The molecule has 1 aromatic heterocycles. The number of methoxy groups -OCH3 is 2. The average molecular weight is 352 g/mol. The SMILES string of the molecule is COc1ccc(-n2cc(CN=C(N)Nc3cccc(OC)c3)nn2)cc1. The summed E-state index contributed by atoms with van der Waals surface area (Å²) in [4.78, 5) is 4.29. The molecule has 0 saturated heterocycles. The molecule has 0 radical (unpaired) electrons. The molecule has 0 aliphatic rings. The summed E-state index contributed by atoms with van der Waals surface area (Å²) in [7, 11) is 3.24. The lowest BCUT2D eigenvalue weighted by atomic mass is 10.3. The van der Waals surface area contributed by atoms with E-state index >= 15 is 0 Å². The number of aromatic nitrogens is 3. The van der Waals surface area contributed by atoms with Crippen molar-refractivity contribution in [2.45, 2.75) is 6.54 Å². The fourth-order valence-corrected chi connectivity index (χ4v) is 2.29. The van der Waals surface area contributed by atoms with Crippen molar-refractivity contribution in [3.8, 4) is 17.2 Å². The van der Waals surface area contributed by atoms with Gasteiger partial charge in [0.25, 0.3) is 0 Å². The number of nitrogens with two attached hydrogens (primary N) is 1. The standard InChI is InChI=1S/C18H20N6O2/c1-25-16-8-6-15(7-9-16)24-12-14(22-23-24)11-20-18(19)21-13-4-3-5-17(10-13)26-2/h3-10,12H,11H2,1-2H3,(H3,19,20,21). The number of benzene rings is 2. The molecule has 8 nitrogen and oxygen atoms in total. The third-order valence-electron chi connectivity index (χ3n) is 3.63.